The molecule has 9 heteroatoms. The summed E-state index contributed by atoms with van der Waals surface area (Å²) >= 11 is 17.8. The molecule has 0 radical (unpaired) electrons. The van der Waals surface area contributed by atoms with Gasteiger partial charge in [0, 0.05) is 24.2 Å². The monoisotopic (exact) mass is 593 g/mol. The first-order valence-electron chi connectivity index (χ1n) is 13.6. The van der Waals surface area contributed by atoms with E-state index < -0.39 is 6.10 Å². The van der Waals surface area contributed by atoms with Gasteiger partial charge in [0.25, 0.3) is 5.91 Å². The van der Waals surface area contributed by atoms with Crippen molar-refractivity contribution in [1.82, 2.24) is 15.5 Å². The minimum Gasteiger partial charge on any atom is -0.481 e. The Morgan fingerprint density at radius 1 is 0.974 bits per heavy atom. The lowest BCUT2D eigenvalue weighted by Crippen LogP contribution is -2.39. The van der Waals surface area contributed by atoms with Gasteiger partial charge in [-0.25, -0.2) is 0 Å². The molecule has 0 aliphatic carbocycles. The first kappa shape index (κ1) is 31.3. The first-order chi connectivity index (χ1) is 18.8. The Hall–Kier alpha value is -2.25. The van der Waals surface area contributed by atoms with Crippen LogP contribution in [0, 0.1) is 5.92 Å². The summed E-state index contributed by atoms with van der Waals surface area (Å²) in [5.74, 6) is 1.07. The third-order valence-corrected chi connectivity index (χ3v) is 7.87. The molecule has 212 valence electrons. The molecule has 3 rings (SSSR count). The Balaban J connectivity index is 1.18. The Labute approximate surface area is 247 Å². The van der Waals surface area contributed by atoms with Gasteiger partial charge in [-0.1, -0.05) is 47.3 Å². The van der Waals surface area contributed by atoms with Crippen molar-refractivity contribution in [2.75, 3.05) is 32.7 Å². The smallest absolute Gasteiger partial charge is 0.260 e. The van der Waals surface area contributed by atoms with Crippen LogP contribution in [0.2, 0.25) is 15.1 Å². The number of piperidine rings is 1. The fourth-order valence-corrected chi connectivity index (χ4v) is 4.94. The summed E-state index contributed by atoms with van der Waals surface area (Å²) in [7, 11) is 0. The summed E-state index contributed by atoms with van der Waals surface area (Å²) in [4.78, 5) is 26.9. The van der Waals surface area contributed by atoms with Gasteiger partial charge in [0.15, 0.2) is 6.10 Å². The van der Waals surface area contributed by atoms with Crippen LogP contribution in [-0.2, 0) is 9.59 Å². The first-order valence-corrected chi connectivity index (χ1v) is 14.8. The van der Waals surface area contributed by atoms with Crippen molar-refractivity contribution in [2.24, 2.45) is 5.92 Å². The van der Waals surface area contributed by atoms with Gasteiger partial charge in [-0.15, -0.1) is 0 Å². The average molecular weight is 595 g/mol. The highest BCUT2D eigenvalue weighted by Gasteiger charge is 2.20. The molecular weight excluding hydrogens is 557 g/mol. The predicted octanol–water partition coefficient (Wildman–Crippen LogP) is 6.63. The number of hydrogen-bond donors (Lipinski definition) is 2. The van der Waals surface area contributed by atoms with Crippen LogP contribution in [0.15, 0.2) is 48.5 Å². The van der Waals surface area contributed by atoms with E-state index in [2.05, 4.69) is 15.5 Å². The van der Waals surface area contributed by atoms with Gasteiger partial charge in [0.05, 0.1) is 10.0 Å². The second-order valence-corrected chi connectivity index (χ2v) is 11.2. The summed E-state index contributed by atoms with van der Waals surface area (Å²) in [5.41, 5.74) is 0.836. The topological polar surface area (TPSA) is 70.7 Å². The minimum absolute atomic E-state index is 0.0962. The molecule has 2 N–H and O–H groups in total. The number of ether oxygens (including phenoxy) is 1. The molecule has 1 saturated heterocycles. The van der Waals surface area contributed by atoms with Crippen molar-refractivity contribution >= 4 is 52.7 Å². The van der Waals surface area contributed by atoms with Crippen molar-refractivity contribution < 1.29 is 14.3 Å². The molecule has 0 saturated carbocycles. The van der Waals surface area contributed by atoms with Gasteiger partial charge in [0.1, 0.15) is 5.75 Å². The highest BCUT2D eigenvalue weighted by Crippen LogP contribution is 2.23. The van der Waals surface area contributed by atoms with Crippen molar-refractivity contribution in [2.45, 2.75) is 51.6 Å². The Morgan fingerprint density at radius 2 is 1.72 bits per heavy atom. The van der Waals surface area contributed by atoms with Gasteiger partial charge in [-0.05, 0) is 113 Å². The third kappa shape index (κ3) is 11.8. The third-order valence-electron chi connectivity index (χ3n) is 6.88. The number of carbonyl (C=O) groups is 2. The lowest BCUT2D eigenvalue weighted by molar-refractivity contribution is -0.127. The van der Waals surface area contributed by atoms with Crippen LogP contribution < -0.4 is 15.4 Å². The molecule has 2 amide bonds. The summed E-state index contributed by atoms with van der Waals surface area (Å²) in [6.45, 7) is 6.39. The second kappa shape index (κ2) is 16.8. The summed E-state index contributed by atoms with van der Waals surface area (Å²) in [5, 5.41) is 7.54. The quantitative estimate of drug-likeness (QED) is 0.190. The lowest BCUT2D eigenvalue weighted by Gasteiger charge is -2.32. The SMILES string of the molecule is CC(Oc1ccc(Cl)cc1)C(=O)NCCC1CCN(CCCCCNC(=O)/C=C/c2ccc(Cl)c(Cl)c2)CC1. The fourth-order valence-electron chi connectivity index (χ4n) is 4.51. The number of amides is 2. The highest BCUT2D eigenvalue weighted by atomic mass is 35.5. The van der Waals surface area contributed by atoms with E-state index in [1.54, 1.807) is 49.4 Å². The summed E-state index contributed by atoms with van der Waals surface area (Å²) < 4.78 is 5.69. The Kier molecular flexibility index (Phi) is 13.4. The van der Waals surface area contributed by atoms with E-state index in [0.29, 0.717) is 39.8 Å². The molecule has 1 unspecified atom stereocenters. The molecular formula is C30H38Cl3N3O3. The average Bonchev–Trinajstić information content (AvgIpc) is 2.93. The van der Waals surface area contributed by atoms with Crippen molar-refractivity contribution in [3.8, 4) is 5.75 Å². The maximum atomic E-state index is 12.3. The van der Waals surface area contributed by atoms with Crippen LogP contribution in [0.3, 0.4) is 0 Å². The highest BCUT2D eigenvalue weighted by molar-refractivity contribution is 6.42. The molecule has 1 atom stereocenters. The zero-order valence-electron chi connectivity index (χ0n) is 22.4. The van der Waals surface area contributed by atoms with Gasteiger partial charge < -0.3 is 20.3 Å². The number of carbonyl (C=O) groups excluding carboxylic acids is 2. The lowest BCUT2D eigenvalue weighted by atomic mass is 9.93. The van der Waals surface area contributed by atoms with Gasteiger partial charge in [-0.2, -0.15) is 0 Å². The van der Waals surface area contributed by atoms with Crippen molar-refractivity contribution in [1.29, 1.82) is 0 Å². The molecule has 6 nitrogen and oxygen atoms in total. The molecule has 1 fully saturated rings. The van der Waals surface area contributed by atoms with Crippen LogP contribution in [-0.4, -0.2) is 55.5 Å². The molecule has 1 heterocycles. The van der Waals surface area contributed by atoms with E-state index in [1.165, 1.54) is 6.08 Å². The number of likely N-dealkylation sites (tertiary alicyclic amines) is 1. The standard InChI is InChI=1S/C30H38Cl3N3O3/c1-22(39-26-9-7-25(31)8-10-26)30(38)35-17-13-23-14-19-36(20-15-23)18-4-2-3-16-34-29(37)12-6-24-5-11-27(32)28(33)21-24/h5-12,21-23H,2-4,13-20H2,1H3,(H,34,37)(H,35,38)/b12-6+. The predicted molar refractivity (Wildman–Crippen MR) is 161 cm³/mol. The largest absolute Gasteiger partial charge is 0.481 e. The zero-order valence-corrected chi connectivity index (χ0v) is 24.7. The van der Waals surface area contributed by atoms with Gasteiger partial charge in [-0.3, -0.25) is 9.59 Å². The van der Waals surface area contributed by atoms with Crippen LogP contribution in [0.4, 0.5) is 0 Å². The van der Waals surface area contributed by atoms with E-state index in [1.807, 2.05) is 6.07 Å². The van der Waals surface area contributed by atoms with Crippen LogP contribution in [0.5, 0.6) is 5.75 Å². The van der Waals surface area contributed by atoms with Crippen LogP contribution in [0.1, 0.15) is 51.0 Å². The Bertz CT molecular complexity index is 1090. The van der Waals surface area contributed by atoms with Crippen molar-refractivity contribution in [3.63, 3.8) is 0 Å². The maximum absolute atomic E-state index is 12.3. The molecule has 0 aromatic heterocycles. The number of halogens is 3. The van der Waals surface area contributed by atoms with Crippen LogP contribution >= 0.6 is 34.8 Å². The molecule has 2 aromatic rings. The molecule has 1 aliphatic rings. The van der Waals surface area contributed by atoms with E-state index in [4.69, 9.17) is 39.5 Å². The number of rotatable bonds is 14. The minimum atomic E-state index is -0.549. The number of benzene rings is 2. The molecule has 1 aliphatic heterocycles. The van der Waals surface area contributed by atoms with E-state index in [9.17, 15) is 9.59 Å². The van der Waals surface area contributed by atoms with E-state index in [0.717, 1.165) is 63.7 Å². The Morgan fingerprint density at radius 3 is 2.44 bits per heavy atom. The van der Waals surface area contributed by atoms with Crippen molar-refractivity contribution in [3.05, 3.63) is 69.2 Å². The summed E-state index contributed by atoms with van der Waals surface area (Å²) in [6, 6.07) is 12.3. The van der Waals surface area contributed by atoms with Gasteiger partial charge >= 0.3 is 0 Å². The number of hydrogen-bond acceptors (Lipinski definition) is 4. The second-order valence-electron chi connectivity index (χ2n) is 9.94. The number of nitrogens with zero attached hydrogens (tertiary/aromatic N) is 1. The van der Waals surface area contributed by atoms with Gasteiger partial charge in [0.2, 0.25) is 5.91 Å². The molecule has 0 spiro atoms. The number of nitrogens with one attached hydrogen (secondary N) is 2. The zero-order chi connectivity index (χ0) is 28.0. The van der Waals surface area contributed by atoms with E-state index >= 15 is 0 Å². The molecule has 2 aromatic carbocycles. The molecule has 0 bridgehead atoms. The van der Waals surface area contributed by atoms with Crippen LogP contribution in [0.25, 0.3) is 6.08 Å². The number of unbranched alkanes of at least 4 members (excludes halogenated alkanes) is 2. The fraction of sp³-hybridized carbons (Fsp3) is 0.467. The maximum Gasteiger partial charge on any atom is 0.260 e. The summed E-state index contributed by atoms with van der Waals surface area (Å²) in [6.07, 6.45) is 9.18. The normalized spacial score (nSPS) is 15.3. The molecule has 39 heavy (non-hydrogen) atoms. The van der Waals surface area contributed by atoms with E-state index in [-0.39, 0.29) is 11.8 Å².